The van der Waals surface area contributed by atoms with E-state index in [-0.39, 0.29) is 0 Å². The summed E-state index contributed by atoms with van der Waals surface area (Å²) >= 11 is 0. The van der Waals surface area contributed by atoms with Gasteiger partial charge in [0.05, 0.1) is 0 Å². The number of hydrogen-bond acceptors (Lipinski definition) is 0. The highest BCUT2D eigenvalue weighted by molar-refractivity contribution is 5.63. The molecule has 0 aliphatic heterocycles. The van der Waals surface area contributed by atoms with Gasteiger partial charge in [0.2, 0.25) is 0 Å². The van der Waals surface area contributed by atoms with Crippen molar-refractivity contribution in [3.05, 3.63) is 54.1 Å². The summed E-state index contributed by atoms with van der Waals surface area (Å²) in [5.74, 6) is 0. The van der Waals surface area contributed by atoms with Crippen molar-refractivity contribution in [2.45, 2.75) is 58.8 Å². The van der Waals surface area contributed by atoms with Crippen LogP contribution in [0.1, 0.15) is 63.0 Å². The highest BCUT2D eigenvalue weighted by atomic mass is 14.0. The van der Waals surface area contributed by atoms with E-state index in [9.17, 15) is 0 Å². The van der Waals surface area contributed by atoms with E-state index in [0.717, 1.165) is 12.8 Å². The summed E-state index contributed by atoms with van der Waals surface area (Å²) < 4.78 is 0. The first-order valence-corrected chi connectivity index (χ1v) is 7.64. The summed E-state index contributed by atoms with van der Waals surface area (Å²) in [5, 5.41) is 0. The van der Waals surface area contributed by atoms with Gasteiger partial charge in [-0.15, -0.1) is 0 Å². The Kier molecular flexibility index (Phi) is 7.97. The zero-order valence-electron chi connectivity index (χ0n) is 12.6. The molecule has 0 heteroatoms. The maximum Gasteiger partial charge on any atom is -0.0228 e. The summed E-state index contributed by atoms with van der Waals surface area (Å²) in [6.07, 6.45) is 13.5. The molecule has 1 aromatic carbocycles. The Labute approximate surface area is 119 Å². The van der Waals surface area contributed by atoms with Crippen molar-refractivity contribution >= 4 is 5.57 Å². The van der Waals surface area contributed by atoms with Crippen LogP contribution >= 0.6 is 0 Å². The van der Waals surface area contributed by atoms with E-state index < -0.39 is 0 Å². The highest BCUT2D eigenvalue weighted by Gasteiger charge is 1.97. The van der Waals surface area contributed by atoms with Crippen LogP contribution in [0.15, 0.2) is 43.0 Å². The molecule has 104 valence electrons. The minimum absolute atomic E-state index is 1.06. The van der Waals surface area contributed by atoms with E-state index in [1.165, 1.54) is 48.8 Å². The maximum absolute atomic E-state index is 4.19. The third-order valence-corrected chi connectivity index (χ3v) is 3.43. The molecular weight excluding hydrogens is 228 g/mol. The lowest BCUT2D eigenvalue weighted by Gasteiger charge is -2.05. The average Bonchev–Trinajstić information content (AvgIpc) is 2.41. The Morgan fingerprint density at radius 1 is 1.11 bits per heavy atom. The molecule has 0 fully saturated rings. The van der Waals surface area contributed by atoms with E-state index >= 15 is 0 Å². The predicted molar refractivity (Wildman–Crippen MR) is 87.3 cm³/mol. The molecule has 0 aliphatic rings. The summed E-state index contributed by atoms with van der Waals surface area (Å²) in [6.45, 7) is 8.58. The second kappa shape index (κ2) is 9.61. The molecule has 0 N–H and O–H groups in total. The van der Waals surface area contributed by atoms with Gasteiger partial charge in [0.15, 0.2) is 0 Å². The van der Waals surface area contributed by atoms with Crippen LogP contribution in [0.3, 0.4) is 0 Å². The Bertz CT molecular complexity index is 398. The number of unbranched alkanes of at least 4 members (excludes halogenated alkanes) is 4. The lowest BCUT2D eigenvalue weighted by molar-refractivity contribution is 0.674. The molecule has 19 heavy (non-hydrogen) atoms. The van der Waals surface area contributed by atoms with Crippen molar-refractivity contribution in [1.82, 2.24) is 0 Å². The molecule has 0 bridgehead atoms. The van der Waals surface area contributed by atoms with E-state index in [0.29, 0.717) is 0 Å². The van der Waals surface area contributed by atoms with Crippen molar-refractivity contribution in [2.75, 3.05) is 0 Å². The lowest BCUT2D eigenvalue weighted by atomic mass is 10.0. The van der Waals surface area contributed by atoms with Gasteiger partial charge in [-0.3, -0.25) is 0 Å². The van der Waals surface area contributed by atoms with Gasteiger partial charge < -0.3 is 0 Å². The predicted octanol–water partition coefficient (Wildman–Crippen LogP) is 6.32. The third-order valence-electron chi connectivity index (χ3n) is 3.43. The molecule has 0 nitrogen and oxygen atoms in total. The maximum atomic E-state index is 4.19. The van der Waals surface area contributed by atoms with Gasteiger partial charge in [-0.2, -0.15) is 0 Å². The van der Waals surface area contributed by atoms with Gasteiger partial charge >= 0.3 is 0 Å². The van der Waals surface area contributed by atoms with Crippen molar-refractivity contribution in [3.8, 4) is 0 Å². The zero-order valence-corrected chi connectivity index (χ0v) is 12.6. The SMILES string of the molecule is C=C(CC/C=C/CCCCCC)c1cccc(C)c1. The summed E-state index contributed by atoms with van der Waals surface area (Å²) in [7, 11) is 0. The number of rotatable bonds is 9. The fourth-order valence-corrected chi connectivity index (χ4v) is 2.19. The fourth-order valence-electron chi connectivity index (χ4n) is 2.19. The molecule has 0 amide bonds. The van der Waals surface area contributed by atoms with Crippen LogP contribution in [0.5, 0.6) is 0 Å². The molecule has 1 aromatic rings. The van der Waals surface area contributed by atoms with Crippen molar-refractivity contribution < 1.29 is 0 Å². The Morgan fingerprint density at radius 3 is 2.63 bits per heavy atom. The van der Waals surface area contributed by atoms with E-state index in [1.807, 2.05) is 0 Å². The zero-order chi connectivity index (χ0) is 13.9. The van der Waals surface area contributed by atoms with E-state index in [2.05, 4.69) is 56.8 Å². The Hall–Kier alpha value is -1.30. The van der Waals surface area contributed by atoms with Crippen LogP contribution in [0, 0.1) is 6.92 Å². The van der Waals surface area contributed by atoms with Gasteiger partial charge in [0.25, 0.3) is 0 Å². The molecule has 0 radical (unpaired) electrons. The standard InChI is InChI=1S/C19H28/c1-4-5-6-7-8-9-10-11-14-18(3)19-15-12-13-17(2)16-19/h9-10,12-13,15-16H,3-8,11,14H2,1-2H3/b10-9+. The minimum atomic E-state index is 1.06. The van der Waals surface area contributed by atoms with Crippen molar-refractivity contribution in [2.24, 2.45) is 0 Å². The highest BCUT2D eigenvalue weighted by Crippen LogP contribution is 2.19. The molecule has 0 aliphatic carbocycles. The molecule has 0 heterocycles. The first kappa shape index (κ1) is 15.8. The second-order valence-electron chi connectivity index (χ2n) is 5.33. The molecule has 1 rings (SSSR count). The van der Waals surface area contributed by atoms with Crippen LogP contribution in [-0.4, -0.2) is 0 Å². The summed E-state index contributed by atoms with van der Waals surface area (Å²) in [6, 6.07) is 8.62. The van der Waals surface area contributed by atoms with Crippen LogP contribution in [-0.2, 0) is 0 Å². The summed E-state index contributed by atoms with van der Waals surface area (Å²) in [4.78, 5) is 0. The second-order valence-corrected chi connectivity index (χ2v) is 5.33. The molecule has 0 unspecified atom stereocenters. The molecule has 0 atom stereocenters. The van der Waals surface area contributed by atoms with E-state index in [1.54, 1.807) is 0 Å². The quantitative estimate of drug-likeness (QED) is 0.358. The first-order valence-electron chi connectivity index (χ1n) is 7.64. The monoisotopic (exact) mass is 256 g/mol. The fraction of sp³-hybridized carbons (Fsp3) is 0.474. The first-order chi connectivity index (χ1) is 9.24. The number of allylic oxidation sites excluding steroid dienone is 3. The van der Waals surface area contributed by atoms with Crippen LogP contribution < -0.4 is 0 Å². The van der Waals surface area contributed by atoms with Crippen LogP contribution in [0.4, 0.5) is 0 Å². The van der Waals surface area contributed by atoms with Gasteiger partial charge in [-0.25, -0.2) is 0 Å². The van der Waals surface area contributed by atoms with Gasteiger partial charge in [0, 0.05) is 0 Å². The molecular formula is C19H28. The molecule has 0 saturated carbocycles. The smallest absolute Gasteiger partial charge is 0.0228 e. The van der Waals surface area contributed by atoms with Crippen molar-refractivity contribution in [1.29, 1.82) is 0 Å². The minimum Gasteiger partial charge on any atom is -0.0952 e. The van der Waals surface area contributed by atoms with Crippen molar-refractivity contribution in [3.63, 3.8) is 0 Å². The molecule has 0 spiro atoms. The van der Waals surface area contributed by atoms with Gasteiger partial charge in [-0.05, 0) is 43.7 Å². The largest absolute Gasteiger partial charge is 0.0952 e. The lowest BCUT2D eigenvalue weighted by Crippen LogP contribution is -1.83. The normalized spacial score (nSPS) is 11.1. The Morgan fingerprint density at radius 2 is 1.89 bits per heavy atom. The third kappa shape index (κ3) is 7.00. The summed E-state index contributed by atoms with van der Waals surface area (Å²) in [5.41, 5.74) is 3.85. The average molecular weight is 256 g/mol. The molecule has 0 aromatic heterocycles. The topological polar surface area (TPSA) is 0 Å². The number of hydrogen-bond donors (Lipinski definition) is 0. The van der Waals surface area contributed by atoms with Gasteiger partial charge in [-0.1, -0.05) is 74.7 Å². The van der Waals surface area contributed by atoms with Crippen LogP contribution in [0.25, 0.3) is 5.57 Å². The van der Waals surface area contributed by atoms with Gasteiger partial charge in [0.1, 0.15) is 0 Å². The molecule has 0 saturated heterocycles. The van der Waals surface area contributed by atoms with E-state index in [4.69, 9.17) is 0 Å². The number of aryl methyl sites for hydroxylation is 1. The Balaban J connectivity index is 2.18. The number of benzene rings is 1. The van der Waals surface area contributed by atoms with Crippen LogP contribution in [0.2, 0.25) is 0 Å².